The molecule has 0 aromatic heterocycles. The Kier molecular flexibility index (Phi) is 7.76. The van der Waals surface area contributed by atoms with E-state index in [0.29, 0.717) is 23.8 Å². The van der Waals surface area contributed by atoms with Crippen molar-refractivity contribution in [1.82, 2.24) is 10.2 Å². The topological polar surface area (TPSA) is 61.4 Å². The Morgan fingerprint density at radius 2 is 1.89 bits per heavy atom. The first kappa shape index (κ1) is 20.9. The summed E-state index contributed by atoms with van der Waals surface area (Å²) in [4.78, 5) is 26.0. The van der Waals surface area contributed by atoms with Crippen molar-refractivity contribution >= 4 is 29.1 Å². The minimum Gasteiger partial charge on any atom is -0.346 e. The monoisotopic (exact) mass is 391 g/mol. The Balaban J connectivity index is 1.81. The van der Waals surface area contributed by atoms with E-state index in [9.17, 15) is 14.0 Å². The number of carbonyl (C=O) groups is 2. The van der Waals surface area contributed by atoms with Gasteiger partial charge in [-0.1, -0.05) is 36.7 Å². The second-order valence-electron chi connectivity index (χ2n) is 6.17. The first-order valence-corrected chi connectivity index (χ1v) is 9.05. The predicted molar refractivity (Wildman–Crippen MR) is 105 cm³/mol. The summed E-state index contributed by atoms with van der Waals surface area (Å²) in [5.41, 5.74) is 2.17. The molecule has 27 heavy (non-hydrogen) atoms. The van der Waals surface area contributed by atoms with Gasteiger partial charge in [-0.15, -0.1) is 0 Å². The molecule has 2 N–H and O–H groups in total. The normalized spacial score (nSPS) is 10.7. The minimum absolute atomic E-state index is 0.122. The van der Waals surface area contributed by atoms with Gasteiger partial charge in [-0.3, -0.25) is 14.5 Å². The number of benzene rings is 2. The van der Waals surface area contributed by atoms with Gasteiger partial charge in [0.15, 0.2) is 0 Å². The molecule has 144 valence electrons. The summed E-state index contributed by atoms with van der Waals surface area (Å²) in [5.74, 6) is -0.908. The van der Waals surface area contributed by atoms with E-state index in [1.54, 1.807) is 24.3 Å². The van der Waals surface area contributed by atoms with E-state index in [1.165, 1.54) is 12.1 Å². The van der Waals surface area contributed by atoms with Gasteiger partial charge in [-0.2, -0.15) is 0 Å². The van der Waals surface area contributed by atoms with Crippen molar-refractivity contribution in [2.75, 3.05) is 25.0 Å². The molecular formula is C20H23ClFN3O2. The Labute approximate surface area is 163 Å². The maximum atomic E-state index is 13.3. The van der Waals surface area contributed by atoms with Gasteiger partial charge < -0.3 is 10.6 Å². The van der Waals surface area contributed by atoms with Crippen molar-refractivity contribution in [3.8, 4) is 0 Å². The molecule has 2 aromatic carbocycles. The molecule has 0 saturated carbocycles. The number of hydrogen-bond acceptors (Lipinski definition) is 3. The van der Waals surface area contributed by atoms with Crippen LogP contribution in [0.5, 0.6) is 0 Å². The fourth-order valence-corrected chi connectivity index (χ4v) is 2.72. The number of nitrogens with one attached hydrogen (secondary N) is 2. The molecule has 0 spiro atoms. The average Bonchev–Trinajstić information content (AvgIpc) is 2.63. The van der Waals surface area contributed by atoms with Crippen LogP contribution in [0.4, 0.5) is 10.1 Å². The summed E-state index contributed by atoms with van der Waals surface area (Å²) < 4.78 is 13.3. The van der Waals surface area contributed by atoms with Crippen LogP contribution in [0.3, 0.4) is 0 Å². The third-order valence-corrected chi connectivity index (χ3v) is 4.51. The van der Waals surface area contributed by atoms with Crippen molar-refractivity contribution in [2.45, 2.75) is 20.4 Å². The molecule has 2 aromatic rings. The second kappa shape index (κ2) is 10.0. The number of hydrogen-bond donors (Lipinski definition) is 2. The highest BCUT2D eigenvalue weighted by Crippen LogP contribution is 2.22. The number of nitrogens with zero attached hydrogens (tertiary/aromatic N) is 1. The fraction of sp³-hybridized carbons (Fsp3) is 0.300. The fourth-order valence-electron chi connectivity index (χ4n) is 2.55. The van der Waals surface area contributed by atoms with Crippen molar-refractivity contribution in [3.05, 3.63) is 64.4 Å². The maximum absolute atomic E-state index is 13.3. The summed E-state index contributed by atoms with van der Waals surface area (Å²) in [5, 5.41) is 5.89. The van der Waals surface area contributed by atoms with Crippen molar-refractivity contribution in [2.24, 2.45) is 0 Å². The van der Waals surface area contributed by atoms with Gasteiger partial charge in [0.1, 0.15) is 5.82 Å². The van der Waals surface area contributed by atoms with Crippen LogP contribution in [0.2, 0.25) is 5.02 Å². The third-order valence-electron chi connectivity index (χ3n) is 4.10. The first-order valence-electron chi connectivity index (χ1n) is 8.67. The van der Waals surface area contributed by atoms with Gasteiger partial charge in [0, 0.05) is 17.3 Å². The smallest absolute Gasteiger partial charge is 0.243 e. The van der Waals surface area contributed by atoms with Crippen LogP contribution in [0, 0.1) is 12.7 Å². The van der Waals surface area contributed by atoms with Crippen LogP contribution in [-0.2, 0) is 16.1 Å². The number of halogens is 2. The lowest BCUT2D eigenvalue weighted by atomic mass is 10.2. The molecule has 0 aliphatic carbocycles. The SMILES string of the molecule is CCN(CC(=O)NCC(=O)Nc1cccc(Cl)c1C)Cc1cccc(F)c1. The Morgan fingerprint density at radius 1 is 1.15 bits per heavy atom. The number of carbonyl (C=O) groups excluding carboxylic acids is 2. The molecule has 0 radical (unpaired) electrons. The van der Waals surface area contributed by atoms with E-state index in [2.05, 4.69) is 10.6 Å². The molecule has 2 rings (SSSR count). The highest BCUT2D eigenvalue weighted by atomic mass is 35.5. The van der Waals surface area contributed by atoms with Crippen molar-refractivity contribution in [3.63, 3.8) is 0 Å². The standard InChI is InChI=1S/C20H23ClFN3O2/c1-3-25(12-15-6-4-7-16(22)10-15)13-20(27)23-11-19(26)24-18-9-5-8-17(21)14(18)2/h4-10H,3,11-13H2,1-2H3,(H,23,27)(H,24,26). The molecule has 0 unspecified atom stereocenters. The number of amides is 2. The van der Waals surface area contributed by atoms with Crippen LogP contribution < -0.4 is 10.6 Å². The maximum Gasteiger partial charge on any atom is 0.243 e. The van der Waals surface area contributed by atoms with Gasteiger partial charge >= 0.3 is 0 Å². The molecular weight excluding hydrogens is 369 g/mol. The molecule has 0 aliphatic heterocycles. The average molecular weight is 392 g/mol. The highest BCUT2D eigenvalue weighted by Gasteiger charge is 2.12. The van der Waals surface area contributed by atoms with E-state index in [0.717, 1.165) is 11.1 Å². The Bertz CT molecular complexity index is 814. The molecule has 0 fully saturated rings. The molecule has 0 atom stereocenters. The van der Waals surface area contributed by atoms with Crippen LogP contribution >= 0.6 is 11.6 Å². The Morgan fingerprint density at radius 3 is 2.59 bits per heavy atom. The van der Waals surface area contributed by atoms with E-state index in [1.807, 2.05) is 24.8 Å². The van der Waals surface area contributed by atoms with E-state index >= 15 is 0 Å². The van der Waals surface area contributed by atoms with Crippen molar-refractivity contribution < 1.29 is 14.0 Å². The van der Waals surface area contributed by atoms with Crippen LogP contribution in [-0.4, -0.2) is 36.3 Å². The summed E-state index contributed by atoms with van der Waals surface area (Å²) in [7, 11) is 0. The van der Waals surface area contributed by atoms with Gasteiger partial charge in [0.05, 0.1) is 13.1 Å². The molecule has 7 heteroatoms. The molecule has 0 bridgehead atoms. The number of rotatable bonds is 8. The van der Waals surface area contributed by atoms with Gasteiger partial charge in [-0.25, -0.2) is 4.39 Å². The summed E-state index contributed by atoms with van der Waals surface area (Å²) in [6.07, 6.45) is 0. The molecule has 0 aliphatic rings. The zero-order valence-electron chi connectivity index (χ0n) is 15.4. The lowest BCUT2D eigenvalue weighted by molar-refractivity contribution is -0.125. The van der Waals surface area contributed by atoms with E-state index < -0.39 is 0 Å². The first-order chi connectivity index (χ1) is 12.9. The molecule has 0 saturated heterocycles. The molecule has 0 heterocycles. The third kappa shape index (κ3) is 6.66. The quantitative estimate of drug-likeness (QED) is 0.725. The summed E-state index contributed by atoms with van der Waals surface area (Å²) in [6.45, 7) is 4.79. The summed E-state index contributed by atoms with van der Waals surface area (Å²) >= 11 is 6.02. The molecule has 2 amide bonds. The van der Waals surface area contributed by atoms with Gasteiger partial charge in [0.2, 0.25) is 11.8 Å². The minimum atomic E-state index is -0.332. The highest BCUT2D eigenvalue weighted by molar-refractivity contribution is 6.31. The van der Waals surface area contributed by atoms with Crippen LogP contribution in [0.25, 0.3) is 0 Å². The number of likely N-dealkylation sites (N-methyl/N-ethyl adjacent to an activating group) is 1. The lowest BCUT2D eigenvalue weighted by Gasteiger charge is -2.20. The number of anilines is 1. The largest absolute Gasteiger partial charge is 0.346 e. The Hall–Kier alpha value is -2.44. The second-order valence-corrected chi connectivity index (χ2v) is 6.58. The zero-order chi connectivity index (χ0) is 19.8. The van der Waals surface area contributed by atoms with Crippen molar-refractivity contribution in [1.29, 1.82) is 0 Å². The zero-order valence-corrected chi connectivity index (χ0v) is 16.1. The predicted octanol–water partition coefficient (Wildman–Crippen LogP) is 3.36. The lowest BCUT2D eigenvalue weighted by Crippen LogP contribution is -2.40. The van der Waals surface area contributed by atoms with Crippen LogP contribution in [0.15, 0.2) is 42.5 Å². The van der Waals surface area contributed by atoms with Crippen LogP contribution in [0.1, 0.15) is 18.1 Å². The van der Waals surface area contributed by atoms with E-state index in [-0.39, 0.29) is 30.7 Å². The van der Waals surface area contributed by atoms with E-state index in [4.69, 9.17) is 11.6 Å². The van der Waals surface area contributed by atoms with Gasteiger partial charge in [-0.05, 0) is 48.9 Å². The molecule has 5 nitrogen and oxygen atoms in total. The van der Waals surface area contributed by atoms with Gasteiger partial charge in [0.25, 0.3) is 0 Å². The summed E-state index contributed by atoms with van der Waals surface area (Å²) in [6, 6.07) is 11.5.